The molecule has 0 unspecified atom stereocenters. The Kier molecular flexibility index (Phi) is 4.62. The van der Waals surface area contributed by atoms with Gasteiger partial charge in [-0.15, -0.1) is 0 Å². The average molecular weight is 273 g/mol. The SMILES string of the molecule is O=C[C@H](O)[C@@H](O)[C@H](O)[C@@](O)(Br)C(=O)O. The van der Waals surface area contributed by atoms with E-state index >= 15 is 0 Å². The van der Waals surface area contributed by atoms with Crippen LogP contribution in [0.2, 0.25) is 0 Å². The summed E-state index contributed by atoms with van der Waals surface area (Å²) in [6.07, 6.45) is -6.43. The average Bonchev–Trinajstić information content (AvgIpc) is 2.13. The van der Waals surface area contributed by atoms with E-state index in [1.807, 2.05) is 0 Å². The van der Waals surface area contributed by atoms with Crippen molar-refractivity contribution in [3.05, 3.63) is 0 Å². The van der Waals surface area contributed by atoms with Crippen molar-refractivity contribution in [2.75, 3.05) is 0 Å². The van der Waals surface area contributed by atoms with Crippen LogP contribution >= 0.6 is 15.9 Å². The summed E-state index contributed by atoms with van der Waals surface area (Å²) in [4.78, 5) is 20.3. The number of hydrogen-bond acceptors (Lipinski definition) is 6. The number of carboxylic acids is 1. The number of carbonyl (C=O) groups excluding carboxylic acids is 1. The van der Waals surface area contributed by atoms with Gasteiger partial charge in [0.1, 0.15) is 18.3 Å². The van der Waals surface area contributed by atoms with Crippen molar-refractivity contribution in [2.45, 2.75) is 22.8 Å². The molecule has 0 aliphatic carbocycles. The third kappa shape index (κ3) is 2.72. The van der Waals surface area contributed by atoms with E-state index in [4.69, 9.17) is 25.5 Å². The first kappa shape index (κ1) is 13.5. The zero-order chi connectivity index (χ0) is 11.5. The van der Waals surface area contributed by atoms with Crippen molar-refractivity contribution < 1.29 is 35.1 Å². The highest BCUT2D eigenvalue weighted by Gasteiger charge is 2.46. The number of halogens is 1. The van der Waals surface area contributed by atoms with Gasteiger partial charge in [-0.05, 0) is 15.9 Å². The molecule has 0 fully saturated rings. The Bertz CT molecular complexity index is 228. The summed E-state index contributed by atoms with van der Waals surface area (Å²) >= 11 is 2.23. The number of carboxylic acid groups (broad SMARTS) is 1. The molecule has 0 rings (SSSR count). The molecule has 4 atom stereocenters. The molecule has 0 aromatic heterocycles. The minimum Gasteiger partial charge on any atom is -0.478 e. The summed E-state index contributed by atoms with van der Waals surface area (Å²) in [6, 6.07) is 0. The molecule has 0 amide bonds. The Balaban J connectivity index is 4.68. The second kappa shape index (κ2) is 4.80. The minimum atomic E-state index is -2.82. The first-order valence-electron chi connectivity index (χ1n) is 3.39. The molecule has 0 radical (unpaired) electrons. The van der Waals surface area contributed by atoms with Gasteiger partial charge in [-0.3, -0.25) is 0 Å². The zero-order valence-corrected chi connectivity index (χ0v) is 8.33. The maximum atomic E-state index is 10.3. The van der Waals surface area contributed by atoms with E-state index in [-0.39, 0.29) is 6.29 Å². The maximum absolute atomic E-state index is 10.3. The van der Waals surface area contributed by atoms with Gasteiger partial charge in [0.2, 0.25) is 4.51 Å². The monoisotopic (exact) mass is 272 g/mol. The molecule has 0 saturated carbocycles. The van der Waals surface area contributed by atoms with Crippen LogP contribution in [0.15, 0.2) is 0 Å². The highest BCUT2D eigenvalue weighted by atomic mass is 79.9. The van der Waals surface area contributed by atoms with Crippen molar-refractivity contribution in [2.24, 2.45) is 0 Å². The molecule has 82 valence electrons. The fourth-order valence-corrected chi connectivity index (χ4v) is 0.891. The van der Waals surface area contributed by atoms with Crippen molar-refractivity contribution in [3.8, 4) is 0 Å². The van der Waals surface area contributed by atoms with E-state index in [1.165, 1.54) is 0 Å². The third-order valence-corrected chi connectivity index (χ3v) is 2.31. The molecule has 5 N–H and O–H groups in total. The highest BCUT2D eigenvalue weighted by Crippen LogP contribution is 2.22. The predicted molar refractivity (Wildman–Crippen MR) is 45.6 cm³/mol. The lowest BCUT2D eigenvalue weighted by Crippen LogP contribution is -2.54. The van der Waals surface area contributed by atoms with Gasteiger partial charge in [-0.1, -0.05) is 0 Å². The summed E-state index contributed by atoms with van der Waals surface area (Å²) in [5.74, 6) is -1.86. The molecule has 0 aliphatic heterocycles. The minimum absolute atomic E-state index is 0.0984. The number of hydrogen-bond donors (Lipinski definition) is 5. The van der Waals surface area contributed by atoms with Gasteiger partial charge < -0.3 is 30.3 Å². The van der Waals surface area contributed by atoms with Crippen LogP contribution in [0.3, 0.4) is 0 Å². The second-order valence-corrected chi connectivity index (χ2v) is 3.75. The first-order valence-corrected chi connectivity index (χ1v) is 4.18. The number of aliphatic carboxylic acids is 1. The van der Waals surface area contributed by atoms with Crippen LogP contribution in [0.5, 0.6) is 0 Å². The number of carbonyl (C=O) groups is 2. The molecule has 0 aromatic rings. The Labute approximate surface area is 86.7 Å². The summed E-state index contributed by atoms with van der Waals surface area (Å²) in [5.41, 5.74) is 0. The summed E-state index contributed by atoms with van der Waals surface area (Å²) in [5, 5.41) is 44.2. The standard InChI is InChI=1S/C6H9BrO7/c7-6(14,5(12)13)4(11)3(10)2(9)1-8/h1-4,9-11,14H,(H,12,13)/t2-,3+,4-,6-/m0/s1. The van der Waals surface area contributed by atoms with Crippen LogP contribution in [0.1, 0.15) is 0 Å². The highest BCUT2D eigenvalue weighted by molar-refractivity contribution is 9.10. The number of rotatable bonds is 5. The number of aliphatic hydroxyl groups is 4. The van der Waals surface area contributed by atoms with Crippen LogP contribution < -0.4 is 0 Å². The van der Waals surface area contributed by atoms with E-state index in [0.29, 0.717) is 0 Å². The number of alkyl halides is 1. The molecule has 0 spiro atoms. The second-order valence-electron chi connectivity index (χ2n) is 2.54. The van der Waals surface area contributed by atoms with Crippen LogP contribution in [0.4, 0.5) is 0 Å². The Morgan fingerprint density at radius 1 is 1.36 bits per heavy atom. The topological polar surface area (TPSA) is 135 Å². The number of aliphatic hydroxyl groups excluding tert-OH is 3. The van der Waals surface area contributed by atoms with Crippen molar-refractivity contribution in [1.82, 2.24) is 0 Å². The maximum Gasteiger partial charge on any atom is 0.349 e. The Morgan fingerprint density at radius 2 is 1.79 bits per heavy atom. The molecule has 0 aromatic carbocycles. The third-order valence-electron chi connectivity index (χ3n) is 1.50. The molecule has 14 heavy (non-hydrogen) atoms. The van der Waals surface area contributed by atoms with Gasteiger partial charge in [-0.2, -0.15) is 0 Å². The lowest BCUT2D eigenvalue weighted by atomic mass is 10.0. The van der Waals surface area contributed by atoms with E-state index in [2.05, 4.69) is 15.9 Å². The van der Waals surface area contributed by atoms with Crippen LogP contribution in [-0.4, -0.2) is 60.6 Å². The molecular formula is C6H9BrO7. The quantitative estimate of drug-likeness (QED) is 0.274. The smallest absolute Gasteiger partial charge is 0.349 e. The van der Waals surface area contributed by atoms with Gasteiger partial charge in [0.25, 0.3) is 0 Å². The summed E-state index contributed by atoms with van der Waals surface area (Å²) in [7, 11) is 0. The van der Waals surface area contributed by atoms with Crippen LogP contribution in [0.25, 0.3) is 0 Å². The molecule has 8 heteroatoms. The van der Waals surface area contributed by atoms with Crippen molar-refractivity contribution in [3.63, 3.8) is 0 Å². The van der Waals surface area contributed by atoms with Crippen LogP contribution in [0, 0.1) is 0 Å². The van der Waals surface area contributed by atoms with Crippen molar-refractivity contribution in [1.29, 1.82) is 0 Å². The largest absolute Gasteiger partial charge is 0.478 e. The van der Waals surface area contributed by atoms with Gasteiger partial charge >= 0.3 is 5.97 Å². The number of aldehydes is 1. The van der Waals surface area contributed by atoms with E-state index in [0.717, 1.165) is 0 Å². The predicted octanol–water partition coefficient (Wildman–Crippen LogP) is -2.56. The van der Waals surface area contributed by atoms with E-state index < -0.39 is 28.8 Å². The van der Waals surface area contributed by atoms with Crippen molar-refractivity contribution >= 4 is 28.2 Å². The van der Waals surface area contributed by atoms with Crippen LogP contribution in [-0.2, 0) is 9.59 Å². The molecule has 0 bridgehead atoms. The molecule has 0 aliphatic rings. The van der Waals surface area contributed by atoms with E-state index in [1.54, 1.807) is 0 Å². The van der Waals surface area contributed by atoms with Gasteiger partial charge in [0.05, 0.1) is 0 Å². The summed E-state index contributed by atoms with van der Waals surface area (Å²) < 4.78 is -2.82. The summed E-state index contributed by atoms with van der Waals surface area (Å²) in [6.45, 7) is 0. The Morgan fingerprint density at radius 3 is 2.07 bits per heavy atom. The fourth-order valence-electron chi connectivity index (χ4n) is 0.620. The van der Waals surface area contributed by atoms with Gasteiger partial charge in [0, 0.05) is 0 Å². The molecular weight excluding hydrogens is 264 g/mol. The van der Waals surface area contributed by atoms with E-state index in [9.17, 15) is 9.59 Å². The zero-order valence-electron chi connectivity index (χ0n) is 6.74. The Hall–Kier alpha value is -0.540. The van der Waals surface area contributed by atoms with Gasteiger partial charge in [0.15, 0.2) is 6.29 Å². The molecule has 0 heterocycles. The lowest BCUT2D eigenvalue weighted by molar-refractivity contribution is -0.168. The molecule has 0 saturated heterocycles. The first-order chi connectivity index (χ1) is 6.25. The lowest BCUT2D eigenvalue weighted by Gasteiger charge is -2.27. The fraction of sp³-hybridized carbons (Fsp3) is 0.667. The van der Waals surface area contributed by atoms with Gasteiger partial charge in [-0.25, -0.2) is 4.79 Å². The molecule has 7 nitrogen and oxygen atoms in total. The normalized spacial score (nSPS) is 21.8.